The Morgan fingerprint density at radius 2 is 1.67 bits per heavy atom. The van der Waals surface area contributed by atoms with Gasteiger partial charge in [-0.05, 0) is 24.8 Å². The Hall–Kier alpha value is -1.28. The quantitative estimate of drug-likeness (QED) is 0.505. The number of ether oxygens (including phenoxy) is 2. The van der Waals surface area contributed by atoms with Gasteiger partial charge in [0.2, 0.25) is 0 Å². The second-order valence-electron chi connectivity index (χ2n) is 6.80. The topological polar surface area (TPSA) is 76.9 Å². The van der Waals surface area contributed by atoms with Gasteiger partial charge in [0, 0.05) is 32.2 Å². The van der Waals surface area contributed by atoms with E-state index < -0.39 is 0 Å². The van der Waals surface area contributed by atoms with E-state index in [2.05, 4.69) is 24.1 Å². The molecule has 27 heavy (non-hydrogen) atoms. The van der Waals surface area contributed by atoms with Gasteiger partial charge in [-0.2, -0.15) is 0 Å². The van der Waals surface area contributed by atoms with Crippen molar-refractivity contribution in [1.82, 2.24) is 10.2 Å². The molecule has 1 aliphatic rings. The molecule has 1 atom stereocenters. The summed E-state index contributed by atoms with van der Waals surface area (Å²) in [6.07, 6.45) is 1.90. The molecule has 1 fully saturated rings. The van der Waals surface area contributed by atoms with Gasteiger partial charge in [-0.1, -0.05) is 13.8 Å². The third-order valence-corrected chi connectivity index (χ3v) is 4.70. The number of nitrogens with zero attached hydrogens (tertiary/aromatic N) is 2. The van der Waals surface area contributed by atoms with Crippen LogP contribution in [0.15, 0.2) is 12.1 Å². The minimum absolute atomic E-state index is 0. The Kier molecular flexibility index (Phi) is 11.7. The van der Waals surface area contributed by atoms with Crippen LogP contribution in [-0.4, -0.2) is 50.2 Å². The Morgan fingerprint density at radius 1 is 1.11 bits per heavy atom. The number of nitro benzene ring substituents is 1. The fourth-order valence-corrected chi connectivity index (χ4v) is 3.33. The molecule has 2 rings (SSSR count). The summed E-state index contributed by atoms with van der Waals surface area (Å²) in [5.74, 6) is 1.47. The lowest BCUT2D eigenvalue weighted by atomic mass is 9.94. The number of halogens is 2. The molecule has 0 aromatic heterocycles. The average Bonchev–Trinajstić information content (AvgIpc) is 2.61. The van der Waals surface area contributed by atoms with E-state index in [1.165, 1.54) is 13.2 Å². The van der Waals surface area contributed by atoms with Gasteiger partial charge < -0.3 is 14.8 Å². The maximum atomic E-state index is 11.7. The zero-order valence-electron chi connectivity index (χ0n) is 16.4. The van der Waals surface area contributed by atoms with Crippen LogP contribution >= 0.6 is 24.8 Å². The molecular formula is C18H31Cl2N3O4. The Labute approximate surface area is 173 Å². The van der Waals surface area contributed by atoms with Crippen molar-refractivity contribution in [1.29, 1.82) is 0 Å². The molecule has 9 heteroatoms. The molecule has 1 N–H and O–H groups in total. The van der Waals surface area contributed by atoms with Crippen molar-refractivity contribution in [3.8, 4) is 11.5 Å². The summed E-state index contributed by atoms with van der Waals surface area (Å²) in [5, 5.41) is 15.0. The predicted molar refractivity (Wildman–Crippen MR) is 112 cm³/mol. The summed E-state index contributed by atoms with van der Waals surface area (Å²) in [7, 11) is 3.05. The molecule has 7 nitrogen and oxygen atoms in total. The van der Waals surface area contributed by atoms with E-state index in [4.69, 9.17) is 9.47 Å². The summed E-state index contributed by atoms with van der Waals surface area (Å²) in [6.45, 7) is 7.93. The van der Waals surface area contributed by atoms with Gasteiger partial charge in [0.25, 0.3) is 5.69 Å². The lowest BCUT2D eigenvalue weighted by Crippen LogP contribution is -2.45. The highest BCUT2D eigenvalue weighted by molar-refractivity contribution is 5.85. The fraction of sp³-hybridized carbons (Fsp3) is 0.667. The Balaban J connectivity index is 0.00000338. The van der Waals surface area contributed by atoms with Gasteiger partial charge in [0.1, 0.15) is 0 Å². The smallest absolute Gasteiger partial charge is 0.278 e. The van der Waals surface area contributed by atoms with Crippen LogP contribution < -0.4 is 14.8 Å². The largest absolute Gasteiger partial charge is 0.493 e. The SMILES string of the molecule is COc1cc([C@H](CCC(C)C)N2CCNCC2)c([N+](=O)[O-])cc1OC.Cl.Cl. The third kappa shape index (κ3) is 6.68. The number of rotatable bonds is 8. The van der Waals surface area contributed by atoms with E-state index in [1.54, 1.807) is 13.2 Å². The number of hydrogen-bond donors (Lipinski definition) is 1. The summed E-state index contributed by atoms with van der Waals surface area (Å²) in [4.78, 5) is 13.7. The monoisotopic (exact) mass is 423 g/mol. The van der Waals surface area contributed by atoms with E-state index >= 15 is 0 Å². The molecule has 1 saturated heterocycles. The Bertz CT molecular complexity index is 596. The first kappa shape index (κ1) is 25.7. The lowest BCUT2D eigenvalue weighted by Gasteiger charge is -2.35. The minimum Gasteiger partial charge on any atom is -0.493 e. The van der Waals surface area contributed by atoms with Crippen molar-refractivity contribution in [2.24, 2.45) is 5.92 Å². The second kappa shape index (κ2) is 12.2. The highest BCUT2D eigenvalue weighted by atomic mass is 35.5. The van der Waals surface area contributed by atoms with Crippen molar-refractivity contribution < 1.29 is 14.4 Å². The lowest BCUT2D eigenvalue weighted by molar-refractivity contribution is -0.386. The molecule has 0 saturated carbocycles. The third-order valence-electron chi connectivity index (χ3n) is 4.70. The zero-order chi connectivity index (χ0) is 18.4. The van der Waals surface area contributed by atoms with Crippen LogP contribution in [0, 0.1) is 16.0 Å². The van der Waals surface area contributed by atoms with Crippen LogP contribution in [0.5, 0.6) is 11.5 Å². The standard InChI is InChI=1S/C18H29N3O4.2ClH/c1-13(2)5-6-15(20-9-7-19-8-10-20)14-11-17(24-3)18(25-4)12-16(14)21(22)23;;/h11-13,15,19H,5-10H2,1-4H3;2*1H/t15-;;/m0../s1. The fourth-order valence-electron chi connectivity index (χ4n) is 3.33. The van der Waals surface area contributed by atoms with Gasteiger partial charge in [-0.15, -0.1) is 24.8 Å². The van der Waals surface area contributed by atoms with Crippen LogP contribution in [-0.2, 0) is 0 Å². The van der Waals surface area contributed by atoms with Crippen molar-refractivity contribution in [2.45, 2.75) is 32.7 Å². The predicted octanol–water partition coefficient (Wildman–Crippen LogP) is 3.84. The first-order valence-corrected chi connectivity index (χ1v) is 8.83. The van der Waals surface area contributed by atoms with Gasteiger partial charge in [0.05, 0.1) is 30.8 Å². The highest BCUT2D eigenvalue weighted by Gasteiger charge is 2.30. The summed E-state index contributed by atoms with van der Waals surface area (Å²) >= 11 is 0. The van der Waals surface area contributed by atoms with E-state index in [1.807, 2.05) is 0 Å². The molecule has 0 radical (unpaired) electrons. The van der Waals surface area contributed by atoms with Gasteiger partial charge in [-0.25, -0.2) is 0 Å². The summed E-state index contributed by atoms with van der Waals surface area (Å²) in [5.41, 5.74) is 0.815. The summed E-state index contributed by atoms with van der Waals surface area (Å²) in [6, 6.07) is 3.27. The molecule has 0 aliphatic carbocycles. The van der Waals surface area contributed by atoms with E-state index in [0.717, 1.165) is 39.0 Å². The number of benzene rings is 1. The molecule has 156 valence electrons. The molecule has 0 unspecified atom stereocenters. The maximum Gasteiger partial charge on any atom is 0.278 e. The number of methoxy groups -OCH3 is 2. The molecule has 1 aliphatic heterocycles. The van der Waals surface area contributed by atoms with Crippen LogP contribution in [0.1, 0.15) is 38.3 Å². The molecular weight excluding hydrogens is 393 g/mol. The number of piperazine rings is 1. The van der Waals surface area contributed by atoms with E-state index in [-0.39, 0.29) is 41.5 Å². The van der Waals surface area contributed by atoms with Gasteiger partial charge >= 0.3 is 0 Å². The van der Waals surface area contributed by atoms with Crippen LogP contribution in [0.3, 0.4) is 0 Å². The zero-order valence-corrected chi connectivity index (χ0v) is 18.0. The minimum atomic E-state index is -0.318. The van der Waals surface area contributed by atoms with Crippen LogP contribution in [0.4, 0.5) is 5.69 Å². The van der Waals surface area contributed by atoms with E-state index in [9.17, 15) is 10.1 Å². The first-order chi connectivity index (χ1) is 12.0. The number of nitrogens with one attached hydrogen (secondary N) is 1. The summed E-state index contributed by atoms with van der Waals surface area (Å²) < 4.78 is 10.6. The van der Waals surface area contributed by atoms with Crippen LogP contribution in [0.2, 0.25) is 0 Å². The number of nitro groups is 1. The molecule has 0 bridgehead atoms. The molecule has 0 spiro atoms. The molecule has 1 aromatic rings. The van der Waals surface area contributed by atoms with E-state index in [0.29, 0.717) is 23.0 Å². The van der Waals surface area contributed by atoms with Crippen LogP contribution in [0.25, 0.3) is 0 Å². The van der Waals surface area contributed by atoms with Crippen molar-refractivity contribution >= 4 is 30.5 Å². The van der Waals surface area contributed by atoms with Crippen molar-refractivity contribution in [3.63, 3.8) is 0 Å². The maximum absolute atomic E-state index is 11.7. The average molecular weight is 424 g/mol. The molecule has 1 aromatic carbocycles. The normalized spacial score (nSPS) is 15.4. The molecule has 1 heterocycles. The highest BCUT2D eigenvalue weighted by Crippen LogP contribution is 2.41. The second-order valence-corrected chi connectivity index (χ2v) is 6.80. The van der Waals surface area contributed by atoms with Gasteiger partial charge in [-0.3, -0.25) is 15.0 Å². The number of hydrogen-bond acceptors (Lipinski definition) is 6. The van der Waals surface area contributed by atoms with Crippen molar-refractivity contribution in [3.05, 3.63) is 27.8 Å². The molecule has 0 amide bonds. The van der Waals surface area contributed by atoms with Gasteiger partial charge in [0.15, 0.2) is 11.5 Å². The van der Waals surface area contributed by atoms with Crippen molar-refractivity contribution in [2.75, 3.05) is 40.4 Å². The Morgan fingerprint density at radius 3 is 2.15 bits per heavy atom. The first-order valence-electron chi connectivity index (χ1n) is 8.83.